The molecular formula is C19H16FNO2S. The molecule has 0 aliphatic heterocycles. The van der Waals surface area contributed by atoms with Crippen molar-refractivity contribution in [2.45, 2.75) is 6.92 Å². The number of carbonyl (C=O) groups excluding carboxylic acids is 1. The Hall–Kier alpha value is -2.66. The summed E-state index contributed by atoms with van der Waals surface area (Å²) in [5.41, 5.74) is 1.16. The number of anilines is 1. The summed E-state index contributed by atoms with van der Waals surface area (Å²) in [5.74, 6) is -0.338. The zero-order chi connectivity index (χ0) is 16.9. The van der Waals surface area contributed by atoms with E-state index < -0.39 is 5.82 Å². The quantitative estimate of drug-likeness (QED) is 0.692. The molecule has 0 fully saturated rings. The van der Waals surface area contributed by atoms with Crippen LogP contribution in [-0.4, -0.2) is 12.5 Å². The molecule has 0 atom stereocenters. The van der Waals surface area contributed by atoms with Gasteiger partial charge in [0.05, 0.1) is 12.3 Å². The Bertz CT molecular complexity index is 846. The molecule has 0 saturated heterocycles. The number of amides is 1. The number of carbonyl (C=O) groups is 1. The lowest BCUT2D eigenvalue weighted by atomic mass is 10.2. The van der Waals surface area contributed by atoms with Crippen molar-refractivity contribution in [3.63, 3.8) is 0 Å². The van der Waals surface area contributed by atoms with Crippen LogP contribution in [-0.2, 0) is 0 Å². The van der Waals surface area contributed by atoms with Crippen LogP contribution in [0.4, 0.5) is 10.1 Å². The van der Waals surface area contributed by atoms with Crippen molar-refractivity contribution in [1.82, 2.24) is 0 Å². The number of thiophene rings is 1. The van der Waals surface area contributed by atoms with E-state index in [9.17, 15) is 9.18 Å². The predicted octanol–water partition coefficient (Wildman–Crippen LogP) is 5.21. The largest absolute Gasteiger partial charge is 0.492 e. The number of rotatable bonds is 5. The molecule has 1 aromatic heterocycles. The van der Waals surface area contributed by atoms with E-state index in [1.165, 1.54) is 23.5 Å². The van der Waals surface area contributed by atoms with E-state index >= 15 is 0 Å². The number of para-hydroxylation sites is 1. The van der Waals surface area contributed by atoms with Crippen LogP contribution in [0.3, 0.4) is 0 Å². The highest BCUT2D eigenvalue weighted by atomic mass is 32.1. The Morgan fingerprint density at radius 3 is 2.54 bits per heavy atom. The lowest BCUT2D eigenvalue weighted by Gasteiger charge is -2.07. The van der Waals surface area contributed by atoms with Crippen molar-refractivity contribution in [1.29, 1.82) is 0 Å². The highest BCUT2D eigenvalue weighted by Gasteiger charge is 2.19. The van der Waals surface area contributed by atoms with Crippen molar-refractivity contribution in [3.05, 3.63) is 71.4 Å². The molecule has 1 heterocycles. The molecule has 0 aliphatic rings. The monoisotopic (exact) mass is 341 g/mol. The molecule has 0 spiro atoms. The van der Waals surface area contributed by atoms with Gasteiger partial charge in [-0.1, -0.05) is 42.5 Å². The second-order valence-electron chi connectivity index (χ2n) is 5.04. The number of hydrogen-bond acceptors (Lipinski definition) is 3. The fourth-order valence-corrected chi connectivity index (χ4v) is 3.28. The summed E-state index contributed by atoms with van der Waals surface area (Å²) in [4.78, 5) is 13.9. The minimum absolute atomic E-state index is 0.152. The van der Waals surface area contributed by atoms with Crippen LogP contribution in [0.5, 0.6) is 5.75 Å². The summed E-state index contributed by atoms with van der Waals surface area (Å²) in [5, 5.41) is 2.61. The van der Waals surface area contributed by atoms with Crippen LogP contribution < -0.4 is 10.1 Å². The van der Waals surface area contributed by atoms with Gasteiger partial charge in [0.25, 0.3) is 5.91 Å². The Morgan fingerprint density at radius 2 is 1.83 bits per heavy atom. The molecule has 0 aliphatic carbocycles. The van der Waals surface area contributed by atoms with E-state index in [1.54, 1.807) is 12.1 Å². The summed E-state index contributed by atoms with van der Waals surface area (Å²) in [6.45, 7) is 2.31. The summed E-state index contributed by atoms with van der Waals surface area (Å²) in [7, 11) is 0. The van der Waals surface area contributed by atoms with Crippen LogP contribution >= 0.6 is 11.3 Å². The summed E-state index contributed by atoms with van der Waals surface area (Å²) < 4.78 is 19.3. The Labute approximate surface area is 143 Å². The minimum atomic E-state index is -0.469. The van der Waals surface area contributed by atoms with Crippen LogP contribution in [0.1, 0.15) is 16.6 Å². The third kappa shape index (κ3) is 3.46. The van der Waals surface area contributed by atoms with Crippen LogP contribution in [0.2, 0.25) is 0 Å². The molecule has 3 aromatic rings. The first-order valence-electron chi connectivity index (χ1n) is 7.57. The van der Waals surface area contributed by atoms with Gasteiger partial charge in [0.15, 0.2) is 0 Å². The van der Waals surface area contributed by atoms with Crippen molar-refractivity contribution in [2.24, 2.45) is 0 Å². The maximum Gasteiger partial charge on any atom is 0.269 e. The van der Waals surface area contributed by atoms with E-state index in [0.717, 1.165) is 10.4 Å². The molecule has 24 heavy (non-hydrogen) atoms. The second kappa shape index (κ2) is 7.27. The first-order valence-corrected chi connectivity index (χ1v) is 8.38. The third-order valence-corrected chi connectivity index (χ3v) is 4.55. The summed E-state index contributed by atoms with van der Waals surface area (Å²) >= 11 is 1.33. The van der Waals surface area contributed by atoms with Gasteiger partial charge in [-0.2, -0.15) is 0 Å². The second-order valence-corrected chi connectivity index (χ2v) is 6.09. The van der Waals surface area contributed by atoms with Gasteiger partial charge in [-0.05, 0) is 30.7 Å². The normalized spacial score (nSPS) is 10.4. The number of benzene rings is 2. The maximum atomic E-state index is 13.7. The highest BCUT2D eigenvalue weighted by molar-refractivity contribution is 7.17. The minimum Gasteiger partial charge on any atom is -0.492 e. The van der Waals surface area contributed by atoms with E-state index in [1.807, 2.05) is 43.3 Å². The molecule has 0 radical (unpaired) electrons. The fourth-order valence-electron chi connectivity index (χ4n) is 2.28. The molecule has 5 heteroatoms. The van der Waals surface area contributed by atoms with Crippen LogP contribution in [0.25, 0.3) is 10.4 Å². The lowest BCUT2D eigenvalue weighted by Crippen LogP contribution is -2.12. The Balaban J connectivity index is 1.92. The van der Waals surface area contributed by atoms with Gasteiger partial charge in [-0.25, -0.2) is 4.39 Å². The van der Waals surface area contributed by atoms with E-state index in [2.05, 4.69) is 5.32 Å². The van der Waals surface area contributed by atoms with Crippen molar-refractivity contribution in [3.8, 4) is 16.2 Å². The van der Waals surface area contributed by atoms with Gasteiger partial charge in [0.1, 0.15) is 16.4 Å². The Morgan fingerprint density at radius 1 is 1.12 bits per heavy atom. The van der Waals surface area contributed by atoms with Gasteiger partial charge < -0.3 is 10.1 Å². The first kappa shape index (κ1) is 16.2. The molecule has 0 bridgehead atoms. The van der Waals surface area contributed by atoms with Crippen LogP contribution in [0.15, 0.2) is 60.7 Å². The highest BCUT2D eigenvalue weighted by Crippen LogP contribution is 2.36. The molecule has 3 rings (SSSR count). The lowest BCUT2D eigenvalue weighted by molar-refractivity contribution is 0.102. The topological polar surface area (TPSA) is 38.3 Å². The number of nitrogens with one attached hydrogen (secondary N) is 1. The van der Waals surface area contributed by atoms with Crippen molar-refractivity contribution < 1.29 is 13.9 Å². The molecule has 1 N–H and O–H groups in total. The van der Waals surface area contributed by atoms with Gasteiger partial charge >= 0.3 is 0 Å². The van der Waals surface area contributed by atoms with Crippen LogP contribution in [0, 0.1) is 5.82 Å². The molecule has 122 valence electrons. The summed E-state index contributed by atoms with van der Waals surface area (Å²) in [6, 6.07) is 17.7. The van der Waals surface area contributed by atoms with E-state index in [0.29, 0.717) is 17.2 Å². The standard InChI is InChI=1S/C19H16FNO2S/c1-2-23-16-12-17(13-8-4-3-5-9-13)24-18(16)19(22)21-15-11-7-6-10-14(15)20/h3-12H,2H2,1H3,(H,21,22). The summed E-state index contributed by atoms with van der Waals surface area (Å²) in [6.07, 6.45) is 0. The molecule has 1 amide bonds. The number of ether oxygens (including phenoxy) is 1. The molecule has 0 unspecified atom stereocenters. The third-order valence-electron chi connectivity index (χ3n) is 3.38. The Kier molecular flexibility index (Phi) is 4.91. The van der Waals surface area contributed by atoms with Crippen molar-refractivity contribution in [2.75, 3.05) is 11.9 Å². The predicted molar refractivity (Wildman–Crippen MR) is 95.3 cm³/mol. The SMILES string of the molecule is CCOc1cc(-c2ccccc2)sc1C(=O)Nc1ccccc1F. The maximum absolute atomic E-state index is 13.7. The molecular weight excluding hydrogens is 325 g/mol. The van der Waals surface area contributed by atoms with E-state index in [-0.39, 0.29) is 11.6 Å². The van der Waals surface area contributed by atoms with Crippen molar-refractivity contribution >= 4 is 22.9 Å². The smallest absolute Gasteiger partial charge is 0.269 e. The number of halogens is 1. The van der Waals surface area contributed by atoms with E-state index in [4.69, 9.17) is 4.74 Å². The molecule has 3 nitrogen and oxygen atoms in total. The first-order chi connectivity index (χ1) is 11.7. The zero-order valence-electron chi connectivity index (χ0n) is 13.1. The van der Waals surface area contributed by atoms with Gasteiger partial charge in [0.2, 0.25) is 0 Å². The number of hydrogen-bond donors (Lipinski definition) is 1. The molecule has 2 aromatic carbocycles. The molecule has 0 saturated carbocycles. The zero-order valence-corrected chi connectivity index (χ0v) is 13.9. The average molecular weight is 341 g/mol. The fraction of sp³-hybridized carbons (Fsp3) is 0.105. The van der Waals surface area contributed by atoms with Gasteiger partial charge in [-0.3, -0.25) is 4.79 Å². The van der Waals surface area contributed by atoms with Gasteiger partial charge in [0, 0.05) is 4.88 Å². The van der Waals surface area contributed by atoms with Gasteiger partial charge in [-0.15, -0.1) is 11.3 Å². The average Bonchev–Trinajstić information content (AvgIpc) is 3.02.